The number of rotatable bonds is 5. The Hall–Kier alpha value is -3.88. The molecule has 0 saturated carbocycles. The summed E-state index contributed by atoms with van der Waals surface area (Å²) >= 11 is 0. The van der Waals surface area contributed by atoms with E-state index in [1.54, 1.807) is 30.5 Å². The highest BCUT2D eigenvalue weighted by Gasteiger charge is 2.39. The van der Waals surface area contributed by atoms with Crippen LogP contribution in [-0.2, 0) is 22.6 Å². The molecule has 2 aromatic heterocycles. The first-order valence-corrected chi connectivity index (χ1v) is 9.48. The highest BCUT2D eigenvalue weighted by molar-refractivity contribution is 6.05. The van der Waals surface area contributed by atoms with Gasteiger partial charge in [-0.1, -0.05) is 12.1 Å². The van der Waals surface area contributed by atoms with Crippen molar-refractivity contribution in [3.63, 3.8) is 0 Å². The van der Waals surface area contributed by atoms with Gasteiger partial charge in [-0.25, -0.2) is 0 Å². The van der Waals surface area contributed by atoms with Gasteiger partial charge < -0.3 is 10.6 Å². The van der Waals surface area contributed by atoms with Crippen molar-refractivity contribution in [2.45, 2.75) is 31.8 Å². The molecule has 3 N–H and O–H groups in total. The number of nitrogens with two attached hydrogens (primary N) is 1. The molecule has 152 valence electrons. The maximum atomic E-state index is 12.8. The van der Waals surface area contributed by atoms with Gasteiger partial charge >= 0.3 is 0 Å². The Balaban J connectivity index is 1.55. The summed E-state index contributed by atoms with van der Waals surface area (Å²) in [5, 5.41) is 2.29. The molecule has 30 heavy (non-hydrogen) atoms. The smallest absolute Gasteiger partial charge is 0.267 e. The zero-order chi connectivity index (χ0) is 21.3. The molecule has 9 heteroatoms. The van der Waals surface area contributed by atoms with Gasteiger partial charge in [0.15, 0.2) is 0 Å². The van der Waals surface area contributed by atoms with E-state index in [1.807, 2.05) is 6.08 Å². The maximum Gasteiger partial charge on any atom is 0.267 e. The van der Waals surface area contributed by atoms with E-state index in [-0.39, 0.29) is 30.5 Å². The third-order valence-electron chi connectivity index (χ3n) is 5.23. The second kappa shape index (κ2) is 7.86. The van der Waals surface area contributed by atoms with Crippen LogP contribution in [0, 0.1) is 0 Å². The molecule has 2 aromatic rings. The minimum Gasteiger partial charge on any atom is -0.364 e. The summed E-state index contributed by atoms with van der Waals surface area (Å²) in [6.45, 7) is 0.243. The number of hydrogen-bond donors (Lipinski definition) is 2. The Morgan fingerprint density at radius 2 is 2.07 bits per heavy atom. The van der Waals surface area contributed by atoms with Crippen molar-refractivity contribution in [3.05, 3.63) is 64.7 Å². The number of amides is 4. The van der Waals surface area contributed by atoms with Crippen LogP contribution in [0.4, 0.5) is 0 Å². The molecule has 0 aromatic carbocycles. The predicted molar refractivity (Wildman–Crippen MR) is 106 cm³/mol. The Bertz CT molecular complexity index is 1090. The molecule has 9 nitrogen and oxygen atoms in total. The average molecular weight is 405 g/mol. The summed E-state index contributed by atoms with van der Waals surface area (Å²) in [6.07, 6.45) is 7.58. The summed E-state index contributed by atoms with van der Waals surface area (Å²) in [6, 6.07) is 4.46. The summed E-state index contributed by atoms with van der Waals surface area (Å²) in [5.74, 6) is -1.62. The Morgan fingerprint density at radius 3 is 2.83 bits per heavy atom. The van der Waals surface area contributed by atoms with Crippen LogP contribution in [0.25, 0.3) is 6.08 Å². The lowest BCUT2D eigenvalue weighted by Crippen LogP contribution is -2.52. The third-order valence-corrected chi connectivity index (χ3v) is 5.23. The summed E-state index contributed by atoms with van der Waals surface area (Å²) < 4.78 is 0. The van der Waals surface area contributed by atoms with Gasteiger partial charge in [-0.3, -0.25) is 34.5 Å². The fourth-order valence-corrected chi connectivity index (χ4v) is 3.77. The van der Waals surface area contributed by atoms with E-state index in [0.29, 0.717) is 29.7 Å². The molecule has 1 fully saturated rings. The molecular formula is C21H19N5O4. The molecule has 1 saturated heterocycles. The average Bonchev–Trinajstić information content (AvgIpc) is 3.06. The van der Waals surface area contributed by atoms with E-state index in [2.05, 4.69) is 15.3 Å². The third kappa shape index (κ3) is 3.57. The Kier molecular flexibility index (Phi) is 5.09. The highest BCUT2D eigenvalue weighted by atomic mass is 16.2. The fraction of sp³-hybridized carbons (Fsp3) is 0.238. The number of piperidine rings is 1. The van der Waals surface area contributed by atoms with Crippen LogP contribution in [-0.4, -0.2) is 44.5 Å². The van der Waals surface area contributed by atoms with E-state index in [0.717, 1.165) is 5.56 Å². The predicted octanol–water partition coefficient (Wildman–Crippen LogP) is 0.592. The number of imide groups is 1. The molecule has 0 aliphatic carbocycles. The second-order valence-corrected chi connectivity index (χ2v) is 7.10. The standard InChI is InChI=1S/C21H19N5O4/c22-19(28)18-12(4-2-9-24-18)3-1-5-15-14-11-26(21(30)13(14)8-10-23-15)16-6-7-17(27)25-20(16)29/h1-2,4-5,8-10,16H,3,6-7,11H2,(H2,22,28)(H,25,27,29). The second-order valence-electron chi connectivity index (χ2n) is 7.10. The fourth-order valence-electron chi connectivity index (χ4n) is 3.77. The number of allylic oxidation sites excluding steroid dienone is 1. The molecular weight excluding hydrogens is 386 g/mol. The van der Waals surface area contributed by atoms with Gasteiger partial charge in [-0.15, -0.1) is 0 Å². The number of nitrogens with zero attached hydrogens (tertiary/aromatic N) is 3. The van der Waals surface area contributed by atoms with Gasteiger partial charge in [0.05, 0.1) is 5.69 Å². The Labute approximate surface area is 172 Å². The van der Waals surface area contributed by atoms with E-state index in [1.165, 1.54) is 11.1 Å². The lowest BCUT2D eigenvalue weighted by atomic mass is 10.0. The number of pyridine rings is 2. The minimum atomic E-state index is -0.673. The van der Waals surface area contributed by atoms with Gasteiger partial charge in [-0.05, 0) is 36.6 Å². The van der Waals surface area contributed by atoms with Crippen molar-refractivity contribution >= 4 is 29.7 Å². The minimum absolute atomic E-state index is 0.203. The first-order valence-electron chi connectivity index (χ1n) is 9.48. The topological polar surface area (TPSA) is 135 Å². The number of aromatic nitrogens is 2. The maximum absolute atomic E-state index is 12.8. The molecule has 4 heterocycles. The molecule has 4 rings (SSSR count). The molecule has 2 aliphatic heterocycles. The summed E-state index contributed by atoms with van der Waals surface area (Å²) in [7, 11) is 0. The van der Waals surface area contributed by atoms with E-state index in [4.69, 9.17) is 5.73 Å². The van der Waals surface area contributed by atoms with Crippen molar-refractivity contribution < 1.29 is 19.2 Å². The van der Waals surface area contributed by atoms with Crippen molar-refractivity contribution in [1.82, 2.24) is 20.2 Å². The van der Waals surface area contributed by atoms with Crippen LogP contribution < -0.4 is 11.1 Å². The number of carbonyl (C=O) groups is 4. The van der Waals surface area contributed by atoms with Crippen LogP contribution in [0.5, 0.6) is 0 Å². The number of fused-ring (bicyclic) bond motifs is 1. The molecule has 2 aliphatic rings. The van der Waals surface area contributed by atoms with Crippen LogP contribution >= 0.6 is 0 Å². The van der Waals surface area contributed by atoms with Crippen molar-refractivity contribution in [2.24, 2.45) is 5.73 Å². The van der Waals surface area contributed by atoms with Crippen LogP contribution in [0.2, 0.25) is 0 Å². The highest BCUT2D eigenvalue weighted by Crippen LogP contribution is 2.29. The monoisotopic (exact) mass is 405 g/mol. The number of nitrogens with one attached hydrogen (secondary N) is 1. The van der Waals surface area contributed by atoms with Gasteiger partial charge in [-0.2, -0.15) is 0 Å². The van der Waals surface area contributed by atoms with Crippen molar-refractivity contribution in [3.8, 4) is 0 Å². The zero-order valence-corrected chi connectivity index (χ0v) is 16.0. The molecule has 1 unspecified atom stereocenters. The molecule has 4 amide bonds. The van der Waals surface area contributed by atoms with Gasteiger partial charge in [0, 0.05) is 36.5 Å². The van der Waals surface area contributed by atoms with Gasteiger partial charge in [0.25, 0.3) is 11.8 Å². The van der Waals surface area contributed by atoms with E-state index < -0.39 is 17.9 Å². The lowest BCUT2D eigenvalue weighted by Gasteiger charge is -2.29. The summed E-state index contributed by atoms with van der Waals surface area (Å²) in [5.41, 5.74) is 8.10. The van der Waals surface area contributed by atoms with E-state index in [9.17, 15) is 19.2 Å². The number of hydrogen-bond acceptors (Lipinski definition) is 6. The van der Waals surface area contributed by atoms with Crippen LogP contribution in [0.1, 0.15) is 50.5 Å². The van der Waals surface area contributed by atoms with Crippen molar-refractivity contribution in [1.29, 1.82) is 0 Å². The molecule has 0 spiro atoms. The molecule has 0 radical (unpaired) electrons. The lowest BCUT2D eigenvalue weighted by molar-refractivity contribution is -0.136. The van der Waals surface area contributed by atoms with Crippen LogP contribution in [0.15, 0.2) is 36.7 Å². The number of carbonyl (C=O) groups excluding carboxylic acids is 4. The van der Waals surface area contributed by atoms with E-state index >= 15 is 0 Å². The molecule has 1 atom stereocenters. The first kappa shape index (κ1) is 19.4. The zero-order valence-electron chi connectivity index (χ0n) is 16.0. The van der Waals surface area contributed by atoms with Gasteiger partial charge in [0.1, 0.15) is 11.7 Å². The van der Waals surface area contributed by atoms with Crippen molar-refractivity contribution in [2.75, 3.05) is 0 Å². The largest absolute Gasteiger partial charge is 0.364 e. The normalized spacial score (nSPS) is 18.6. The number of primary amides is 1. The first-order chi connectivity index (χ1) is 14.5. The molecule has 0 bridgehead atoms. The SMILES string of the molecule is NC(=O)c1ncccc1CC=Cc1nccc2c1CN(C1CCC(=O)NC1=O)C2=O. The summed E-state index contributed by atoms with van der Waals surface area (Å²) in [4.78, 5) is 57.8. The quantitative estimate of drug-likeness (QED) is 0.699. The Morgan fingerprint density at radius 1 is 1.23 bits per heavy atom. The van der Waals surface area contributed by atoms with Crippen LogP contribution in [0.3, 0.4) is 0 Å². The van der Waals surface area contributed by atoms with Gasteiger partial charge in [0.2, 0.25) is 11.8 Å².